The van der Waals surface area contributed by atoms with E-state index in [2.05, 4.69) is 6.58 Å². The molecule has 2 nitrogen and oxygen atoms in total. The van der Waals surface area contributed by atoms with E-state index in [4.69, 9.17) is 22.7 Å². The van der Waals surface area contributed by atoms with Crippen LogP contribution < -0.4 is 5.73 Å². The van der Waals surface area contributed by atoms with Crippen molar-refractivity contribution in [2.75, 3.05) is 0 Å². The van der Waals surface area contributed by atoms with Gasteiger partial charge in [-0.2, -0.15) is 0 Å². The lowest BCUT2D eigenvalue weighted by Gasteiger charge is -2.04. The Bertz CT molecular complexity index is 331. The summed E-state index contributed by atoms with van der Waals surface area (Å²) in [6.45, 7) is 3.60. The van der Waals surface area contributed by atoms with Crippen molar-refractivity contribution in [2.45, 2.75) is 0 Å². The first-order valence-corrected chi connectivity index (χ1v) is 3.80. The van der Waals surface area contributed by atoms with E-state index in [1.165, 1.54) is 0 Å². The van der Waals surface area contributed by atoms with Crippen LogP contribution in [0.15, 0.2) is 24.8 Å². The summed E-state index contributed by atoms with van der Waals surface area (Å²) in [5.41, 5.74) is 6.67. The van der Waals surface area contributed by atoms with Crippen LogP contribution >= 0.6 is 11.6 Å². The largest absolute Gasteiger partial charge is 0.384 e. The fourth-order valence-electron chi connectivity index (χ4n) is 0.979. The highest BCUT2D eigenvalue weighted by atomic mass is 35.5. The molecule has 0 aliphatic rings. The van der Waals surface area contributed by atoms with Crippen LogP contribution in [-0.2, 0) is 0 Å². The predicted molar refractivity (Wildman–Crippen MR) is 52.6 cm³/mol. The molecule has 3 N–H and O–H groups in total. The Hall–Kier alpha value is -1.28. The molecule has 0 spiro atoms. The second-order valence-corrected chi connectivity index (χ2v) is 2.73. The highest BCUT2D eigenvalue weighted by Crippen LogP contribution is 2.20. The van der Waals surface area contributed by atoms with E-state index in [0.29, 0.717) is 16.1 Å². The molecule has 0 amide bonds. The van der Waals surface area contributed by atoms with Gasteiger partial charge in [0, 0.05) is 16.1 Å². The Balaban J connectivity index is 3.37. The van der Waals surface area contributed by atoms with E-state index < -0.39 is 0 Å². The third kappa shape index (κ3) is 1.48. The van der Waals surface area contributed by atoms with Crippen LogP contribution in [0.2, 0.25) is 5.02 Å². The van der Waals surface area contributed by atoms with Crippen molar-refractivity contribution in [3.8, 4) is 0 Å². The molecule has 0 unspecified atom stereocenters. The van der Waals surface area contributed by atoms with Gasteiger partial charge in [0.25, 0.3) is 0 Å². The normalized spacial score (nSPS) is 9.42. The molecule has 0 saturated carbocycles. The van der Waals surface area contributed by atoms with Gasteiger partial charge in [-0.25, -0.2) is 0 Å². The fourth-order valence-corrected chi connectivity index (χ4v) is 1.23. The summed E-state index contributed by atoms with van der Waals surface area (Å²) in [5.74, 6) is 0.00685. The molecular formula is C9H9ClN2. The highest BCUT2D eigenvalue weighted by Gasteiger charge is 2.04. The van der Waals surface area contributed by atoms with Gasteiger partial charge < -0.3 is 5.73 Å². The van der Waals surface area contributed by atoms with E-state index in [1.807, 2.05) is 0 Å². The van der Waals surface area contributed by atoms with Crippen molar-refractivity contribution >= 4 is 23.5 Å². The summed E-state index contributed by atoms with van der Waals surface area (Å²) in [6, 6.07) is 5.24. The summed E-state index contributed by atoms with van der Waals surface area (Å²) in [6.07, 6.45) is 1.60. The second kappa shape index (κ2) is 3.41. The number of nitrogen functional groups attached to an aromatic ring is 1. The molecule has 0 fully saturated rings. The quantitative estimate of drug-likeness (QED) is 0.533. The van der Waals surface area contributed by atoms with Crippen molar-refractivity contribution in [1.29, 1.82) is 5.41 Å². The Morgan fingerprint density at radius 3 is 2.67 bits per heavy atom. The minimum absolute atomic E-state index is 0.00685. The van der Waals surface area contributed by atoms with Gasteiger partial charge in [0.15, 0.2) is 0 Å². The Morgan fingerprint density at radius 1 is 1.58 bits per heavy atom. The minimum atomic E-state index is 0.00685. The van der Waals surface area contributed by atoms with E-state index >= 15 is 0 Å². The standard InChI is InChI=1S/C9H9ClN2/c1-2-6-7(9(11)12)4-3-5-8(6)10/h2-5H,1H2,(H3,11,12). The molecule has 12 heavy (non-hydrogen) atoms. The van der Waals surface area contributed by atoms with Gasteiger partial charge in [0.05, 0.1) is 0 Å². The number of nitrogens with one attached hydrogen (secondary N) is 1. The molecule has 0 radical (unpaired) electrons. The molecule has 0 aromatic heterocycles. The van der Waals surface area contributed by atoms with Gasteiger partial charge >= 0.3 is 0 Å². The summed E-state index contributed by atoms with van der Waals surface area (Å²) in [5, 5.41) is 7.81. The number of halogens is 1. The number of benzene rings is 1. The van der Waals surface area contributed by atoms with Crippen LogP contribution in [0, 0.1) is 5.41 Å². The lowest BCUT2D eigenvalue weighted by atomic mass is 10.1. The Morgan fingerprint density at radius 2 is 2.25 bits per heavy atom. The van der Waals surface area contributed by atoms with E-state index in [-0.39, 0.29) is 5.84 Å². The lowest BCUT2D eigenvalue weighted by Crippen LogP contribution is -2.12. The minimum Gasteiger partial charge on any atom is -0.384 e. The Kier molecular flexibility index (Phi) is 2.51. The zero-order chi connectivity index (χ0) is 9.14. The molecule has 0 bridgehead atoms. The first-order chi connectivity index (χ1) is 5.66. The third-order valence-corrected chi connectivity index (χ3v) is 1.88. The van der Waals surface area contributed by atoms with E-state index in [9.17, 15) is 0 Å². The third-order valence-electron chi connectivity index (χ3n) is 1.55. The van der Waals surface area contributed by atoms with Crippen LogP contribution in [0.1, 0.15) is 11.1 Å². The van der Waals surface area contributed by atoms with Gasteiger partial charge in [-0.1, -0.05) is 36.4 Å². The molecule has 1 aromatic carbocycles. The van der Waals surface area contributed by atoms with Gasteiger partial charge in [0.2, 0.25) is 0 Å². The smallest absolute Gasteiger partial charge is 0.123 e. The first kappa shape index (κ1) is 8.81. The molecule has 1 rings (SSSR count). The highest BCUT2D eigenvalue weighted by molar-refractivity contribution is 6.32. The average Bonchev–Trinajstić information content (AvgIpc) is 2.03. The maximum absolute atomic E-state index is 7.25. The van der Waals surface area contributed by atoms with Crippen LogP contribution in [0.5, 0.6) is 0 Å². The van der Waals surface area contributed by atoms with Crippen LogP contribution in [-0.4, -0.2) is 5.84 Å². The van der Waals surface area contributed by atoms with Gasteiger partial charge in [-0.3, -0.25) is 5.41 Å². The molecule has 0 aliphatic carbocycles. The topological polar surface area (TPSA) is 49.9 Å². The average molecular weight is 181 g/mol. The number of nitrogens with two attached hydrogens (primary N) is 1. The monoisotopic (exact) mass is 180 g/mol. The molecule has 62 valence electrons. The maximum atomic E-state index is 7.25. The fraction of sp³-hybridized carbons (Fsp3) is 0. The maximum Gasteiger partial charge on any atom is 0.123 e. The number of hydrogen-bond acceptors (Lipinski definition) is 1. The van der Waals surface area contributed by atoms with Gasteiger partial charge in [-0.05, 0) is 6.07 Å². The SMILES string of the molecule is C=Cc1c(Cl)cccc1C(=N)N. The zero-order valence-corrected chi connectivity index (χ0v) is 7.23. The summed E-state index contributed by atoms with van der Waals surface area (Å²) in [7, 11) is 0. The van der Waals surface area contributed by atoms with Crippen LogP contribution in [0.25, 0.3) is 6.08 Å². The lowest BCUT2D eigenvalue weighted by molar-refractivity contribution is 1.42. The first-order valence-electron chi connectivity index (χ1n) is 3.42. The zero-order valence-electron chi connectivity index (χ0n) is 6.47. The van der Waals surface area contributed by atoms with Gasteiger partial charge in [0.1, 0.15) is 5.84 Å². The molecule has 0 aliphatic heterocycles. The Labute approximate surface area is 76.2 Å². The van der Waals surface area contributed by atoms with E-state index in [1.54, 1.807) is 24.3 Å². The van der Waals surface area contributed by atoms with Crippen molar-refractivity contribution in [2.24, 2.45) is 5.73 Å². The molecular weight excluding hydrogens is 172 g/mol. The molecule has 1 aromatic rings. The number of amidine groups is 1. The van der Waals surface area contributed by atoms with Crippen molar-refractivity contribution in [3.05, 3.63) is 40.9 Å². The van der Waals surface area contributed by atoms with E-state index in [0.717, 1.165) is 0 Å². The van der Waals surface area contributed by atoms with Crippen molar-refractivity contribution in [1.82, 2.24) is 0 Å². The van der Waals surface area contributed by atoms with Crippen LogP contribution in [0.3, 0.4) is 0 Å². The van der Waals surface area contributed by atoms with Crippen molar-refractivity contribution < 1.29 is 0 Å². The summed E-state index contributed by atoms with van der Waals surface area (Å²) >= 11 is 5.85. The van der Waals surface area contributed by atoms with Crippen molar-refractivity contribution in [3.63, 3.8) is 0 Å². The number of rotatable bonds is 2. The molecule has 0 atom stereocenters. The molecule has 0 heterocycles. The predicted octanol–water partition coefficient (Wildman–Crippen LogP) is 2.27. The molecule has 0 saturated heterocycles. The molecule has 3 heteroatoms. The summed E-state index contributed by atoms with van der Waals surface area (Å²) < 4.78 is 0. The van der Waals surface area contributed by atoms with Gasteiger partial charge in [-0.15, -0.1) is 0 Å². The second-order valence-electron chi connectivity index (χ2n) is 2.32. The van der Waals surface area contributed by atoms with Crippen LogP contribution in [0.4, 0.5) is 0 Å². The summed E-state index contributed by atoms with van der Waals surface area (Å²) in [4.78, 5) is 0. The number of hydrogen-bond donors (Lipinski definition) is 2.